The highest BCUT2D eigenvalue weighted by Crippen LogP contribution is 2.17. The van der Waals surface area contributed by atoms with Gasteiger partial charge in [0.15, 0.2) is 6.61 Å². The number of ether oxygens (including phenoxy) is 2. The van der Waals surface area contributed by atoms with Crippen molar-refractivity contribution >= 4 is 5.91 Å². The minimum absolute atomic E-state index is 0.0445. The zero-order chi connectivity index (χ0) is 21.3. The van der Waals surface area contributed by atoms with E-state index in [2.05, 4.69) is 15.2 Å². The fourth-order valence-electron chi connectivity index (χ4n) is 3.48. The first-order valence-electron chi connectivity index (χ1n) is 10.5. The fourth-order valence-corrected chi connectivity index (χ4v) is 3.48. The molecule has 0 unspecified atom stereocenters. The summed E-state index contributed by atoms with van der Waals surface area (Å²) < 4.78 is 17.2. The Bertz CT molecular complexity index is 948. The lowest BCUT2D eigenvalue weighted by molar-refractivity contribution is -0.135. The number of piperidine rings is 1. The van der Waals surface area contributed by atoms with E-state index >= 15 is 0 Å². The van der Waals surface area contributed by atoms with Gasteiger partial charge in [0.2, 0.25) is 11.8 Å². The standard InChI is InChI=1S/C23H26N4O4/c28-23(27-13-5-9-20(15-27)29-16-18-6-4-12-24-14-18)11-10-21-25-26-22(31-21)17-30-19-7-2-1-3-8-19/h1-4,6-8,12,14,20H,5,9-11,13,15-17H2/t20-/m1/s1. The van der Waals surface area contributed by atoms with E-state index in [-0.39, 0.29) is 18.6 Å². The number of carbonyl (C=O) groups excluding carboxylic acids is 1. The molecule has 1 amide bonds. The van der Waals surface area contributed by atoms with Gasteiger partial charge < -0.3 is 18.8 Å². The molecule has 3 aromatic rings. The Hall–Kier alpha value is -3.26. The molecular weight excluding hydrogens is 396 g/mol. The van der Waals surface area contributed by atoms with E-state index in [4.69, 9.17) is 13.9 Å². The quantitative estimate of drug-likeness (QED) is 0.523. The number of rotatable bonds is 9. The van der Waals surface area contributed by atoms with Gasteiger partial charge in [0.25, 0.3) is 5.89 Å². The van der Waals surface area contributed by atoms with Crippen molar-refractivity contribution < 1.29 is 18.7 Å². The summed E-state index contributed by atoms with van der Waals surface area (Å²) in [6.07, 6.45) is 6.22. The second-order valence-electron chi connectivity index (χ2n) is 7.47. The number of aromatic nitrogens is 3. The SMILES string of the molecule is O=C(CCc1nnc(COc2ccccc2)o1)N1CCC[C@@H](OCc2cccnc2)C1. The maximum atomic E-state index is 12.7. The summed E-state index contributed by atoms with van der Waals surface area (Å²) in [5, 5.41) is 8.02. The van der Waals surface area contributed by atoms with Gasteiger partial charge in [-0.2, -0.15) is 0 Å². The van der Waals surface area contributed by atoms with Crippen molar-refractivity contribution in [2.45, 2.75) is 45.0 Å². The van der Waals surface area contributed by atoms with Gasteiger partial charge in [0.05, 0.1) is 12.7 Å². The van der Waals surface area contributed by atoms with Crippen LogP contribution in [0.4, 0.5) is 0 Å². The number of aryl methyl sites for hydroxylation is 1. The van der Waals surface area contributed by atoms with Crippen molar-refractivity contribution in [3.05, 3.63) is 72.2 Å². The van der Waals surface area contributed by atoms with Gasteiger partial charge in [0.1, 0.15) is 5.75 Å². The van der Waals surface area contributed by atoms with Gasteiger partial charge in [-0.15, -0.1) is 10.2 Å². The van der Waals surface area contributed by atoms with Gasteiger partial charge >= 0.3 is 0 Å². The maximum Gasteiger partial charge on any atom is 0.253 e. The van der Waals surface area contributed by atoms with Crippen LogP contribution >= 0.6 is 0 Å². The van der Waals surface area contributed by atoms with Crippen LogP contribution in [0.25, 0.3) is 0 Å². The number of hydrogen-bond acceptors (Lipinski definition) is 7. The molecule has 8 nitrogen and oxygen atoms in total. The van der Waals surface area contributed by atoms with Crippen LogP contribution in [0.5, 0.6) is 5.75 Å². The van der Waals surface area contributed by atoms with Gasteiger partial charge in [-0.25, -0.2) is 0 Å². The molecule has 1 aliphatic heterocycles. The lowest BCUT2D eigenvalue weighted by Gasteiger charge is -2.32. The van der Waals surface area contributed by atoms with E-state index in [1.807, 2.05) is 47.4 Å². The van der Waals surface area contributed by atoms with Crippen molar-refractivity contribution in [2.24, 2.45) is 0 Å². The molecule has 0 saturated carbocycles. The summed E-state index contributed by atoms with van der Waals surface area (Å²) in [4.78, 5) is 18.6. The first-order valence-corrected chi connectivity index (χ1v) is 10.5. The Morgan fingerprint density at radius 3 is 2.81 bits per heavy atom. The van der Waals surface area contributed by atoms with Crippen LogP contribution < -0.4 is 4.74 Å². The predicted octanol–water partition coefficient (Wildman–Crippen LogP) is 3.18. The monoisotopic (exact) mass is 422 g/mol. The molecule has 4 rings (SSSR count). The molecule has 8 heteroatoms. The molecule has 1 saturated heterocycles. The van der Waals surface area contributed by atoms with Crippen molar-refractivity contribution in [2.75, 3.05) is 13.1 Å². The van der Waals surface area contributed by atoms with E-state index < -0.39 is 0 Å². The Balaban J connectivity index is 1.20. The summed E-state index contributed by atoms with van der Waals surface area (Å²) in [7, 11) is 0. The number of likely N-dealkylation sites (tertiary alicyclic amines) is 1. The Labute approximate surface area is 181 Å². The van der Waals surface area contributed by atoms with Crippen LogP contribution in [0.15, 0.2) is 59.3 Å². The summed E-state index contributed by atoms with van der Waals surface area (Å²) >= 11 is 0. The highest BCUT2D eigenvalue weighted by Gasteiger charge is 2.24. The van der Waals surface area contributed by atoms with E-state index in [0.717, 1.165) is 30.7 Å². The van der Waals surface area contributed by atoms with Gasteiger partial charge in [-0.05, 0) is 36.6 Å². The summed E-state index contributed by atoms with van der Waals surface area (Å²) in [5.41, 5.74) is 1.04. The van der Waals surface area contributed by atoms with Crippen LogP contribution in [0, 0.1) is 0 Å². The highest BCUT2D eigenvalue weighted by molar-refractivity contribution is 5.76. The molecule has 1 aromatic carbocycles. The molecule has 0 aliphatic carbocycles. The van der Waals surface area contributed by atoms with E-state index in [1.54, 1.807) is 12.4 Å². The molecule has 0 radical (unpaired) electrons. The van der Waals surface area contributed by atoms with Crippen molar-refractivity contribution in [1.82, 2.24) is 20.1 Å². The molecule has 0 spiro atoms. The Kier molecular flexibility index (Phi) is 7.23. The van der Waals surface area contributed by atoms with Crippen LogP contribution in [0.1, 0.15) is 36.6 Å². The lowest BCUT2D eigenvalue weighted by Crippen LogP contribution is -2.43. The first-order chi connectivity index (χ1) is 15.3. The number of para-hydroxylation sites is 1. The zero-order valence-corrected chi connectivity index (χ0v) is 17.4. The van der Waals surface area contributed by atoms with Crippen LogP contribution in [-0.2, 0) is 29.2 Å². The molecule has 2 aromatic heterocycles. The first kappa shape index (κ1) is 21.0. The highest BCUT2D eigenvalue weighted by atomic mass is 16.5. The summed E-state index contributed by atoms with van der Waals surface area (Å²) in [6.45, 7) is 2.08. The number of amides is 1. The molecule has 31 heavy (non-hydrogen) atoms. The largest absolute Gasteiger partial charge is 0.484 e. The number of pyridine rings is 1. The third-order valence-corrected chi connectivity index (χ3v) is 5.11. The van der Waals surface area contributed by atoms with Crippen LogP contribution in [-0.4, -0.2) is 45.2 Å². The van der Waals surface area contributed by atoms with Gasteiger partial charge in [-0.1, -0.05) is 24.3 Å². The normalized spacial score (nSPS) is 16.3. The van der Waals surface area contributed by atoms with Crippen molar-refractivity contribution in [1.29, 1.82) is 0 Å². The Morgan fingerprint density at radius 1 is 1.10 bits per heavy atom. The smallest absolute Gasteiger partial charge is 0.253 e. The second kappa shape index (κ2) is 10.7. The molecule has 0 N–H and O–H groups in total. The predicted molar refractivity (Wildman–Crippen MR) is 112 cm³/mol. The average molecular weight is 422 g/mol. The molecular formula is C23H26N4O4. The van der Waals surface area contributed by atoms with Crippen LogP contribution in [0.2, 0.25) is 0 Å². The summed E-state index contributed by atoms with van der Waals surface area (Å²) in [5.74, 6) is 1.66. The maximum absolute atomic E-state index is 12.7. The third kappa shape index (κ3) is 6.36. The molecule has 1 fully saturated rings. The Morgan fingerprint density at radius 2 is 1.97 bits per heavy atom. The van der Waals surface area contributed by atoms with E-state index in [1.165, 1.54) is 0 Å². The second-order valence-corrected chi connectivity index (χ2v) is 7.47. The minimum Gasteiger partial charge on any atom is -0.484 e. The number of hydrogen-bond donors (Lipinski definition) is 0. The molecule has 1 aliphatic rings. The lowest BCUT2D eigenvalue weighted by atomic mass is 10.1. The molecule has 1 atom stereocenters. The topological polar surface area (TPSA) is 90.6 Å². The molecule has 162 valence electrons. The number of benzene rings is 1. The number of carbonyl (C=O) groups is 1. The zero-order valence-electron chi connectivity index (χ0n) is 17.4. The third-order valence-electron chi connectivity index (χ3n) is 5.11. The van der Waals surface area contributed by atoms with Crippen molar-refractivity contribution in [3.8, 4) is 5.75 Å². The van der Waals surface area contributed by atoms with Crippen LogP contribution in [0.3, 0.4) is 0 Å². The van der Waals surface area contributed by atoms with Gasteiger partial charge in [-0.3, -0.25) is 9.78 Å². The van der Waals surface area contributed by atoms with E-state index in [0.29, 0.717) is 37.8 Å². The minimum atomic E-state index is 0.0445. The summed E-state index contributed by atoms with van der Waals surface area (Å²) in [6, 6.07) is 13.3. The van der Waals surface area contributed by atoms with E-state index in [9.17, 15) is 4.79 Å². The van der Waals surface area contributed by atoms with Crippen molar-refractivity contribution in [3.63, 3.8) is 0 Å². The fraction of sp³-hybridized carbons (Fsp3) is 0.391. The number of nitrogens with zero attached hydrogens (tertiary/aromatic N) is 4. The molecule has 0 bridgehead atoms. The van der Waals surface area contributed by atoms with Gasteiger partial charge in [0, 0.05) is 38.3 Å². The average Bonchev–Trinajstić information content (AvgIpc) is 3.29. The molecule has 3 heterocycles.